The Morgan fingerprint density at radius 2 is 2.00 bits per heavy atom. The third-order valence-corrected chi connectivity index (χ3v) is 2.80. The highest BCUT2D eigenvalue weighted by molar-refractivity contribution is 9.09. The van der Waals surface area contributed by atoms with Crippen molar-refractivity contribution in [2.75, 3.05) is 17.2 Å². The Morgan fingerprint density at radius 1 is 1.33 bits per heavy atom. The van der Waals surface area contributed by atoms with Gasteiger partial charge in [-0.05, 0) is 18.1 Å². The number of benzene rings is 1. The number of halogens is 1. The maximum Gasteiger partial charge on any atom is 0.0340 e. The van der Waals surface area contributed by atoms with E-state index in [4.69, 9.17) is 0 Å². The summed E-state index contributed by atoms with van der Waals surface area (Å²) >= 11 is 3.45. The first-order chi connectivity index (χ1) is 5.83. The van der Waals surface area contributed by atoms with Crippen molar-refractivity contribution in [3.05, 3.63) is 30.3 Å². The van der Waals surface area contributed by atoms with E-state index in [1.165, 1.54) is 5.69 Å². The van der Waals surface area contributed by atoms with E-state index < -0.39 is 0 Å². The normalized spacial score (nSPS) is 12.5. The molecule has 12 heavy (non-hydrogen) atoms. The third-order valence-electron chi connectivity index (χ3n) is 1.69. The Hall–Kier alpha value is -0.500. The zero-order valence-corrected chi connectivity index (χ0v) is 8.84. The highest BCUT2D eigenvalue weighted by Crippen LogP contribution is 2.07. The summed E-state index contributed by atoms with van der Waals surface area (Å²) in [5.41, 5.74) is 1.20. The van der Waals surface area contributed by atoms with Crippen molar-refractivity contribution in [3.8, 4) is 0 Å². The standard InChI is InChI=1S/C10H14BrN/c1-9(7-11)8-12-10-5-3-2-4-6-10/h2-6,9,12H,7-8H2,1H3. The van der Waals surface area contributed by atoms with E-state index in [1.54, 1.807) is 0 Å². The van der Waals surface area contributed by atoms with Gasteiger partial charge in [0.25, 0.3) is 0 Å². The van der Waals surface area contributed by atoms with Gasteiger partial charge < -0.3 is 5.32 Å². The van der Waals surface area contributed by atoms with Crippen LogP contribution in [0.15, 0.2) is 30.3 Å². The van der Waals surface area contributed by atoms with Crippen LogP contribution in [0.5, 0.6) is 0 Å². The molecule has 1 nitrogen and oxygen atoms in total. The first-order valence-corrected chi connectivity index (χ1v) is 5.30. The molecule has 2 heteroatoms. The molecule has 0 aliphatic rings. The predicted octanol–water partition coefficient (Wildman–Crippen LogP) is 3.13. The average molecular weight is 228 g/mol. The predicted molar refractivity (Wildman–Crippen MR) is 57.9 cm³/mol. The summed E-state index contributed by atoms with van der Waals surface area (Å²) in [6.07, 6.45) is 0. The zero-order valence-electron chi connectivity index (χ0n) is 7.26. The van der Waals surface area contributed by atoms with Crippen LogP contribution in [-0.2, 0) is 0 Å². The van der Waals surface area contributed by atoms with Crippen molar-refractivity contribution in [2.24, 2.45) is 5.92 Å². The van der Waals surface area contributed by atoms with Gasteiger partial charge in [-0.25, -0.2) is 0 Å². The van der Waals surface area contributed by atoms with Gasteiger partial charge in [0.1, 0.15) is 0 Å². The third kappa shape index (κ3) is 3.26. The molecule has 1 unspecified atom stereocenters. The summed E-state index contributed by atoms with van der Waals surface area (Å²) in [6.45, 7) is 3.24. The fourth-order valence-electron chi connectivity index (χ4n) is 0.903. The average Bonchev–Trinajstić information content (AvgIpc) is 2.16. The molecule has 0 amide bonds. The van der Waals surface area contributed by atoms with Crippen molar-refractivity contribution in [3.63, 3.8) is 0 Å². The SMILES string of the molecule is CC(CBr)CNc1ccccc1. The van der Waals surface area contributed by atoms with Crippen LogP contribution in [0.4, 0.5) is 5.69 Å². The van der Waals surface area contributed by atoms with Crippen LogP contribution in [0.1, 0.15) is 6.92 Å². The second-order valence-electron chi connectivity index (χ2n) is 3.01. The summed E-state index contributed by atoms with van der Waals surface area (Å²) in [5.74, 6) is 0.671. The molecule has 1 N–H and O–H groups in total. The van der Waals surface area contributed by atoms with Gasteiger partial charge in [-0.3, -0.25) is 0 Å². The molecule has 0 saturated carbocycles. The summed E-state index contributed by atoms with van der Waals surface area (Å²) in [4.78, 5) is 0. The van der Waals surface area contributed by atoms with Crippen molar-refractivity contribution in [2.45, 2.75) is 6.92 Å². The van der Waals surface area contributed by atoms with Crippen LogP contribution in [0, 0.1) is 5.92 Å². The first-order valence-electron chi connectivity index (χ1n) is 4.18. The van der Waals surface area contributed by atoms with Crippen molar-refractivity contribution >= 4 is 21.6 Å². The smallest absolute Gasteiger partial charge is 0.0340 e. The number of hydrogen-bond donors (Lipinski definition) is 1. The summed E-state index contributed by atoms with van der Waals surface area (Å²) in [5, 5.41) is 4.41. The maximum absolute atomic E-state index is 3.45. The Labute approximate surface area is 82.3 Å². The van der Waals surface area contributed by atoms with Crippen LogP contribution < -0.4 is 5.32 Å². The molecule has 0 aromatic heterocycles. The summed E-state index contributed by atoms with van der Waals surface area (Å²) < 4.78 is 0. The number of alkyl halides is 1. The van der Waals surface area contributed by atoms with E-state index in [-0.39, 0.29) is 0 Å². The minimum atomic E-state index is 0.671. The van der Waals surface area contributed by atoms with E-state index in [9.17, 15) is 0 Å². The van der Waals surface area contributed by atoms with Gasteiger partial charge in [-0.15, -0.1) is 0 Å². The largest absolute Gasteiger partial charge is 0.385 e. The number of nitrogens with one attached hydrogen (secondary N) is 1. The molecule has 0 saturated heterocycles. The van der Waals surface area contributed by atoms with Crippen LogP contribution in [0.3, 0.4) is 0 Å². The lowest BCUT2D eigenvalue weighted by molar-refractivity contribution is 0.706. The number of hydrogen-bond acceptors (Lipinski definition) is 1. The summed E-state index contributed by atoms with van der Waals surface area (Å²) in [7, 11) is 0. The topological polar surface area (TPSA) is 12.0 Å². The lowest BCUT2D eigenvalue weighted by atomic mass is 10.2. The molecular weight excluding hydrogens is 214 g/mol. The lowest BCUT2D eigenvalue weighted by Gasteiger charge is -2.09. The van der Waals surface area contributed by atoms with Crippen LogP contribution >= 0.6 is 15.9 Å². The quantitative estimate of drug-likeness (QED) is 0.780. The minimum Gasteiger partial charge on any atom is -0.385 e. The molecular formula is C10H14BrN. The van der Waals surface area contributed by atoms with E-state index in [0.717, 1.165) is 11.9 Å². The Balaban J connectivity index is 2.33. The van der Waals surface area contributed by atoms with Gasteiger partial charge in [-0.1, -0.05) is 41.1 Å². The highest BCUT2D eigenvalue weighted by Gasteiger charge is 1.97. The number of anilines is 1. The zero-order chi connectivity index (χ0) is 8.81. The molecule has 0 heterocycles. The number of rotatable bonds is 4. The van der Waals surface area contributed by atoms with E-state index in [1.807, 2.05) is 18.2 Å². The van der Waals surface area contributed by atoms with Gasteiger partial charge in [0.05, 0.1) is 0 Å². The molecule has 0 aliphatic carbocycles. The fourth-order valence-corrected chi connectivity index (χ4v) is 1.13. The van der Waals surface area contributed by atoms with E-state index >= 15 is 0 Å². The lowest BCUT2D eigenvalue weighted by Crippen LogP contribution is -2.11. The second kappa shape index (κ2) is 5.20. The molecule has 1 rings (SSSR count). The van der Waals surface area contributed by atoms with Crippen molar-refractivity contribution in [1.29, 1.82) is 0 Å². The molecule has 0 radical (unpaired) electrons. The number of para-hydroxylation sites is 1. The van der Waals surface area contributed by atoms with Crippen molar-refractivity contribution < 1.29 is 0 Å². The first kappa shape index (κ1) is 9.59. The van der Waals surface area contributed by atoms with Crippen LogP contribution in [0.25, 0.3) is 0 Å². The molecule has 0 aliphatic heterocycles. The van der Waals surface area contributed by atoms with Crippen LogP contribution in [0.2, 0.25) is 0 Å². The maximum atomic E-state index is 3.45. The molecule has 1 aromatic rings. The molecule has 1 atom stereocenters. The Bertz CT molecular complexity index is 210. The Kier molecular flexibility index (Phi) is 4.15. The fraction of sp³-hybridized carbons (Fsp3) is 0.400. The van der Waals surface area contributed by atoms with E-state index in [0.29, 0.717) is 5.92 Å². The van der Waals surface area contributed by atoms with Crippen molar-refractivity contribution in [1.82, 2.24) is 0 Å². The molecule has 0 bridgehead atoms. The highest BCUT2D eigenvalue weighted by atomic mass is 79.9. The second-order valence-corrected chi connectivity index (χ2v) is 3.65. The Morgan fingerprint density at radius 3 is 2.58 bits per heavy atom. The monoisotopic (exact) mass is 227 g/mol. The summed E-state index contributed by atoms with van der Waals surface area (Å²) in [6, 6.07) is 10.3. The molecule has 66 valence electrons. The molecule has 0 spiro atoms. The van der Waals surface area contributed by atoms with Crippen LogP contribution in [-0.4, -0.2) is 11.9 Å². The van der Waals surface area contributed by atoms with Gasteiger partial charge >= 0.3 is 0 Å². The van der Waals surface area contributed by atoms with E-state index in [2.05, 4.69) is 40.3 Å². The van der Waals surface area contributed by atoms with Gasteiger partial charge in [0.2, 0.25) is 0 Å². The minimum absolute atomic E-state index is 0.671. The molecule has 0 fully saturated rings. The molecule has 1 aromatic carbocycles. The van der Waals surface area contributed by atoms with Gasteiger partial charge in [-0.2, -0.15) is 0 Å². The van der Waals surface area contributed by atoms with Gasteiger partial charge in [0, 0.05) is 17.6 Å². The van der Waals surface area contributed by atoms with Gasteiger partial charge in [0.15, 0.2) is 0 Å².